The van der Waals surface area contributed by atoms with E-state index in [0.29, 0.717) is 0 Å². The summed E-state index contributed by atoms with van der Waals surface area (Å²) in [5.74, 6) is 0.0536. The van der Waals surface area contributed by atoms with Gasteiger partial charge < -0.3 is 10.2 Å². The Morgan fingerprint density at radius 3 is 1.92 bits per heavy atom. The molecule has 142 valence electrons. The van der Waals surface area contributed by atoms with E-state index in [2.05, 4.69) is 52.0 Å². The van der Waals surface area contributed by atoms with Crippen molar-refractivity contribution in [3.8, 4) is 0 Å². The molecule has 2 rings (SSSR count). The number of hydrogen-bond acceptors (Lipinski definition) is 2. The van der Waals surface area contributed by atoms with E-state index in [1.165, 1.54) is 11.1 Å². The average molecular weight is 355 g/mol. The summed E-state index contributed by atoms with van der Waals surface area (Å²) in [7, 11) is 0. The third-order valence-corrected chi connectivity index (χ3v) is 5.41. The SMILES string of the molecule is CC(Cc1ccc(C(C)(C)C)cc1)C(O)C(c1ccccc1)C(C)CO. The van der Waals surface area contributed by atoms with Crippen molar-refractivity contribution in [2.75, 3.05) is 6.61 Å². The van der Waals surface area contributed by atoms with Crippen LogP contribution in [0.25, 0.3) is 0 Å². The Labute approximate surface area is 158 Å². The highest BCUT2D eigenvalue weighted by Gasteiger charge is 2.30. The quantitative estimate of drug-likeness (QED) is 0.740. The second kappa shape index (κ2) is 8.83. The molecule has 2 aromatic carbocycles. The molecule has 0 saturated carbocycles. The van der Waals surface area contributed by atoms with Crippen LogP contribution < -0.4 is 0 Å². The maximum atomic E-state index is 11.1. The smallest absolute Gasteiger partial charge is 0.0640 e. The van der Waals surface area contributed by atoms with Gasteiger partial charge in [-0.2, -0.15) is 0 Å². The van der Waals surface area contributed by atoms with Gasteiger partial charge in [-0.3, -0.25) is 0 Å². The first-order valence-corrected chi connectivity index (χ1v) is 9.67. The molecular weight excluding hydrogens is 320 g/mol. The Hall–Kier alpha value is -1.64. The number of benzene rings is 2. The summed E-state index contributed by atoms with van der Waals surface area (Å²) >= 11 is 0. The van der Waals surface area contributed by atoms with Crippen molar-refractivity contribution in [1.29, 1.82) is 0 Å². The van der Waals surface area contributed by atoms with E-state index in [1.807, 2.05) is 37.3 Å². The first kappa shape index (κ1) is 20.7. The summed E-state index contributed by atoms with van der Waals surface area (Å²) in [5, 5.41) is 20.7. The van der Waals surface area contributed by atoms with Crippen LogP contribution in [0.5, 0.6) is 0 Å². The summed E-state index contributed by atoms with van der Waals surface area (Å²) in [6.45, 7) is 10.8. The van der Waals surface area contributed by atoms with Gasteiger partial charge >= 0.3 is 0 Å². The van der Waals surface area contributed by atoms with E-state index < -0.39 is 6.10 Å². The molecule has 4 atom stereocenters. The van der Waals surface area contributed by atoms with Crippen LogP contribution in [0.2, 0.25) is 0 Å². The van der Waals surface area contributed by atoms with E-state index in [0.717, 1.165) is 12.0 Å². The first-order chi connectivity index (χ1) is 12.2. The number of rotatable bonds is 7. The summed E-state index contributed by atoms with van der Waals surface area (Å²) < 4.78 is 0. The lowest BCUT2D eigenvalue weighted by Crippen LogP contribution is -2.32. The molecule has 0 amide bonds. The maximum absolute atomic E-state index is 11.1. The number of aliphatic hydroxyl groups excluding tert-OH is 2. The van der Waals surface area contributed by atoms with Gasteiger partial charge in [0.05, 0.1) is 6.10 Å². The van der Waals surface area contributed by atoms with Crippen LogP contribution in [0, 0.1) is 11.8 Å². The van der Waals surface area contributed by atoms with Crippen LogP contribution in [0.1, 0.15) is 57.2 Å². The van der Waals surface area contributed by atoms with Crippen LogP contribution in [-0.4, -0.2) is 22.9 Å². The zero-order chi connectivity index (χ0) is 19.3. The molecule has 0 aliphatic heterocycles. The molecule has 26 heavy (non-hydrogen) atoms. The van der Waals surface area contributed by atoms with E-state index >= 15 is 0 Å². The summed E-state index contributed by atoms with van der Waals surface area (Å²) in [5.41, 5.74) is 3.81. The minimum absolute atomic E-state index is 0.0121. The van der Waals surface area contributed by atoms with Gasteiger partial charge in [-0.05, 0) is 40.4 Å². The topological polar surface area (TPSA) is 40.5 Å². The number of hydrogen-bond donors (Lipinski definition) is 2. The van der Waals surface area contributed by atoms with Crippen molar-refractivity contribution in [3.05, 3.63) is 71.3 Å². The molecule has 0 radical (unpaired) electrons. The minimum atomic E-state index is -0.498. The van der Waals surface area contributed by atoms with E-state index in [9.17, 15) is 10.2 Å². The molecule has 0 aliphatic carbocycles. The van der Waals surface area contributed by atoms with E-state index in [-0.39, 0.29) is 29.8 Å². The number of aliphatic hydroxyl groups is 2. The fraction of sp³-hybridized carbons (Fsp3) is 0.500. The van der Waals surface area contributed by atoms with Crippen molar-refractivity contribution < 1.29 is 10.2 Å². The Morgan fingerprint density at radius 1 is 0.846 bits per heavy atom. The van der Waals surface area contributed by atoms with Gasteiger partial charge in [-0.15, -0.1) is 0 Å². The van der Waals surface area contributed by atoms with Gasteiger partial charge in [0.2, 0.25) is 0 Å². The predicted octanol–water partition coefficient (Wildman–Crippen LogP) is 4.94. The summed E-state index contributed by atoms with van der Waals surface area (Å²) in [6, 6.07) is 18.8. The summed E-state index contributed by atoms with van der Waals surface area (Å²) in [4.78, 5) is 0. The Morgan fingerprint density at radius 2 is 1.42 bits per heavy atom. The molecule has 0 saturated heterocycles. The lowest BCUT2D eigenvalue weighted by molar-refractivity contribution is 0.0539. The maximum Gasteiger partial charge on any atom is 0.0640 e. The van der Waals surface area contributed by atoms with Crippen LogP contribution >= 0.6 is 0 Å². The van der Waals surface area contributed by atoms with Gasteiger partial charge in [0.15, 0.2) is 0 Å². The normalized spacial score (nSPS) is 16.7. The third-order valence-electron chi connectivity index (χ3n) is 5.41. The minimum Gasteiger partial charge on any atom is -0.396 e. The lowest BCUT2D eigenvalue weighted by Gasteiger charge is -2.32. The standard InChI is InChI=1S/C24H34O2/c1-17(15-19-11-13-21(14-12-19)24(3,4)5)23(26)22(18(2)16-25)20-9-7-6-8-10-20/h6-14,17-18,22-23,25-26H,15-16H2,1-5H3. The van der Waals surface area contributed by atoms with Crippen molar-refractivity contribution >= 4 is 0 Å². The van der Waals surface area contributed by atoms with Crippen LogP contribution in [-0.2, 0) is 11.8 Å². The zero-order valence-electron chi connectivity index (χ0n) is 16.8. The highest BCUT2D eigenvalue weighted by atomic mass is 16.3. The lowest BCUT2D eigenvalue weighted by atomic mass is 9.77. The fourth-order valence-corrected chi connectivity index (χ4v) is 3.64. The molecule has 2 aromatic rings. The largest absolute Gasteiger partial charge is 0.396 e. The third kappa shape index (κ3) is 5.18. The highest BCUT2D eigenvalue weighted by molar-refractivity contribution is 5.28. The molecule has 0 aliphatic rings. The van der Waals surface area contributed by atoms with Gasteiger partial charge in [0, 0.05) is 12.5 Å². The first-order valence-electron chi connectivity index (χ1n) is 9.67. The van der Waals surface area contributed by atoms with Gasteiger partial charge in [-0.25, -0.2) is 0 Å². The Balaban J connectivity index is 2.14. The highest BCUT2D eigenvalue weighted by Crippen LogP contribution is 2.33. The van der Waals surface area contributed by atoms with Crippen molar-refractivity contribution in [3.63, 3.8) is 0 Å². The van der Waals surface area contributed by atoms with Gasteiger partial charge in [-0.1, -0.05) is 89.2 Å². The second-order valence-corrected chi connectivity index (χ2v) is 8.72. The van der Waals surface area contributed by atoms with Gasteiger partial charge in [0.25, 0.3) is 0 Å². The molecule has 0 bridgehead atoms. The van der Waals surface area contributed by atoms with Crippen molar-refractivity contribution in [2.24, 2.45) is 11.8 Å². The molecule has 4 unspecified atom stereocenters. The Bertz CT molecular complexity index is 655. The summed E-state index contributed by atoms with van der Waals surface area (Å²) in [6.07, 6.45) is 0.328. The molecule has 2 heteroatoms. The monoisotopic (exact) mass is 354 g/mol. The molecule has 0 spiro atoms. The van der Waals surface area contributed by atoms with Crippen LogP contribution in [0.15, 0.2) is 54.6 Å². The molecular formula is C24H34O2. The van der Waals surface area contributed by atoms with Crippen molar-refractivity contribution in [2.45, 2.75) is 58.5 Å². The molecule has 2 N–H and O–H groups in total. The average Bonchev–Trinajstić information content (AvgIpc) is 2.62. The van der Waals surface area contributed by atoms with Crippen LogP contribution in [0.4, 0.5) is 0 Å². The predicted molar refractivity (Wildman–Crippen MR) is 109 cm³/mol. The van der Waals surface area contributed by atoms with E-state index in [4.69, 9.17) is 0 Å². The fourth-order valence-electron chi connectivity index (χ4n) is 3.64. The van der Waals surface area contributed by atoms with Crippen LogP contribution in [0.3, 0.4) is 0 Å². The zero-order valence-corrected chi connectivity index (χ0v) is 16.8. The van der Waals surface area contributed by atoms with Gasteiger partial charge in [0.1, 0.15) is 0 Å². The molecule has 0 fully saturated rings. The second-order valence-electron chi connectivity index (χ2n) is 8.72. The molecule has 2 nitrogen and oxygen atoms in total. The molecule has 0 heterocycles. The van der Waals surface area contributed by atoms with E-state index in [1.54, 1.807) is 0 Å². The Kier molecular flexibility index (Phi) is 7.02. The molecule has 0 aromatic heterocycles. The van der Waals surface area contributed by atoms with Crippen molar-refractivity contribution in [1.82, 2.24) is 0 Å².